The Morgan fingerprint density at radius 1 is 0.500 bits per heavy atom. The highest BCUT2D eigenvalue weighted by Crippen LogP contribution is 2.14. The van der Waals surface area contributed by atoms with Crippen molar-refractivity contribution in [1.82, 2.24) is 4.57 Å². The molecule has 0 aliphatic rings. The highest BCUT2D eigenvalue weighted by molar-refractivity contribution is 4.84. The summed E-state index contributed by atoms with van der Waals surface area (Å²) in [5.41, 5.74) is 0. The molecule has 2 heteroatoms. The van der Waals surface area contributed by atoms with E-state index in [-0.39, 0.29) is 0 Å². The number of unbranched alkanes of at least 4 members (excludes halogenated alkanes) is 20. The number of imidazole rings is 1. The molecule has 0 amide bonds. The molecule has 0 aliphatic carbocycles. The molecular formula is C32H63N2+. The summed E-state index contributed by atoms with van der Waals surface area (Å²) in [7, 11) is 0. The van der Waals surface area contributed by atoms with Crippen LogP contribution in [0.5, 0.6) is 0 Å². The lowest BCUT2D eigenvalue weighted by Crippen LogP contribution is -2.37. The summed E-state index contributed by atoms with van der Waals surface area (Å²) in [6, 6.07) is 0. The summed E-state index contributed by atoms with van der Waals surface area (Å²) in [5, 5.41) is 0. The molecule has 2 nitrogen and oxygen atoms in total. The Balaban J connectivity index is 2.07. The van der Waals surface area contributed by atoms with E-state index in [0.29, 0.717) is 0 Å². The monoisotopic (exact) mass is 475 g/mol. The van der Waals surface area contributed by atoms with Crippen LogP contribution in [0.2, 0.25) is 0 Å². The van der Waals surface area contributed by atoms with Gasteiger partial charge < -0.3 is 0 Å². The van der Waals surface area contributed by atoms with Crippen molar-refractivity contribution >= 4 is 0 Å². The second-order valence-electron chi connectivity index (χ2n) is 10.9. The van der Waals surface area contributed by atoms with Crippen LogP contribution in [0, 0.1) is 0 Å². The lowest BCUT2D eigenvalue weighted by atomic mass is 10.0. The maximum absolute atomic E-state index is 2.59. The minimum Gasteiger partial charge on any atom is -0.234 e. The molecular weight excluding hydrogens is 412 g/mol. The van der Waals surface area contributed by atoms with Crippen LogP contribution in [0.25, 0.3) is 0 Å². The van der Waals surface area contributed by atoms with E-state index in [1.54, 1.807) is 5.82 Å². The first kappa shape index (κ1) is 31.2. The van der Waals surface area contributed by atoms with Crippen LogP contribution in [-0.4, -0.2) is 4.57 Å². The molecule has 1 rings (SSSR count). The van der Waals surface area contributed by atoms with E-state index in [9.17, 15) is 0 Å². The van der Waals surface area contributed by atoms with Gasteiger partial charge in [-0.25, -0.2) is 9.13 Å². The quantitative estimate of drug-likeness (QED) is 0.0930. The van der Waals surface area contributed by atoms with Crippen molar-refractivity contribution in [3.8, 4) is 0 Å². The summed E-state index contributed by atoms with van der Waals surface area (Å²) in [4.78, 5) is 0. The third kappa shape index (κ3) is 16.8. The molecule has 0 radical (unpaired) electrons. The summed E-state index contributed by atoms with van der Waals surface area (Å²) >= 11 is 0. The van der Waals surface area contributed by atoms with Crippen LogP contribution < -0.4 is 4.57 Å². The zero-order chi connectivity index (χ0) is 24.5. The molecule has 1 heterocycles. The van der Waals surface area contributed by atoms with Crippen LogP contribution in [0.3, 0.4) is 0 Å². The Morgan fingerprint density at radius 3 is 1.41 bits per heavy atom. The van der Waals surface area contributed by atoms with Crippen molar-refractivity contribution in [1.29, 1.82) is 0 Å². The number of aryl methyl sites for hydroxylation is 2. The lowest BCUT2D eigenvalue weighted by molar-refractivity contribution is -0.704. The number of nitrogens with zero attached hydrogens (tertiary/aromatic N) is 2. The third-order valence-electron chi connectivity index (χ3n) is 7.60. The molecule has 0 atom stereocenters. The minimum atomic E-state index is 1.21. The van der Waals surface area contributed by atoms with Crippen LogP contribution in [-0.2, 0) is 19.5 Å². The fourth-order valence-corrected chi connectivity index (χ4v) is 5.26. The zero-order valence-corrected chi connectivity index (χ0v) is 23.9. The SMILES string of the molecule is CCCCCCCCCCCCCCCCCCn1cc[n+](CCCCC)c1CCCCCC. The largest absolute Gasteiger partial charge is 0.256 e. The van der Waals surface area contributed by atoms with Gasteiger partial charge >= 0.3 is 0 Å². The summed E-state index contributed by atoms with van der Waals surface area (Å²) in [6.45, 7) is 9.36. The first-order chi connectivity index (χ1) is 16.8. The number of aromatic nitrogens is 2. The summed E-state index contributed by atoms with van der Waals surface area (Å²) in [5.74, 6) is 1.59. The predicted molar refractivity (Wildman–Crippen MR) is 152 cm³/mol. The number of rotatable bonds is 26. The maximum Gasteiger partial charge on any atom is 0.256 e. The van der Waals surface area contributed by atoms with Gasteiger partial charge in [0.2, 0.25) is 0 Å². The average molecular weight is 476 g/mol. The zero-order valence-electron chi connectivity index (χ0n) is 23.9. The van der Waals surface area contributed by atoms with Crippen LogP contribution >= 0.6 is 0 Å². The van der Waals surface area contributed by atoms with Crippen LogP contribution in [0.4, 0.5) is 0 Å². The first-order valence-corrected chi connectivity index (χ1v) is 15.9. The summed E-state index contributed by atoms with van der Waals surface area (Å²) in [6.07, 6.45) is 38.6. The van der Waals surface area contributed by atoms with Gasteiger partial charge in [-0.2, -0.15) is 0 Å². The van der Waals surface area contributed by atoms with E-state index in [4.69, 9.17) is 0 Å². The van der Waals surface area contributed by atoms with E-state index >= 15 is 0 Å². The van der Waals surface area contributed by atoms with Crippen molar-refractivity contribution in [3.63, 3.8) is 0 Å². The molecule has 1 aromatic rings. The van der Waals surface area contributed by atoms with E-state index in [1.165, 1.54) is 167 Å². The van der Waals surface area contributed by atoms with Crippen molar-refractivity contribution in [3.05, 3.63) is 18.2 Å². The smallest absolute Gasteiger partial charge is 0.234 e. The fraction of sp³-hybridized carbons (Fsp3) is 0.906. The van der Waals surface area contributed by atoms with Gasteiger partial charge in [0.1, 0.15) is 12.4 Å². The minimum absolute atomic E-state index is 1.21. The standard InChI is InChI=1S/C32H63N2/c1-4-7-10-12-13-14-15-16-17-18-19-20-21-22-23-26-29-34-31-30-33(28-25-9-6-3)32(34)27-24-11-8-5-2/h30-31H,4-29H2,1-3H3/q+1. The Labute approximate surface area is 215 Å². The normalized spacial score (nSPS) is 11.5. The van der Waals surface area contributed by atoms with Gasteiger partial charge in [-0.05, 0) is 32.1 Å². The molecule has 0 saturated carbocycles. The van der Waals surface area contributed by atoms with Gasteiger partial charge in [0.05, 0.1) is 13.1 Å². The van der Waals surface area contributed by atoms with E-state index in [0.717, 1.165) is 0 Å². The Kier molecular flexibility index (Phi) is 22.0. The molecule has 0 saturated heterocycles. The van der Waals surface area contributed by atoms with Gasteiger partial charge in [-0.15, -0.1) is 0 Å². The molecule has 200 valence electrons. The molecule has 0 aromatic carbocycles. The van der Waals surface area contributed by atoms with Gasteiger partial charge in [-0.3, -0.25) is 0 Å². The van der Waals surface area contributed by atoms with E-state index < -0.39 is 0 Å². The first-order valence-electron chi connectivity index (χ1n) is 15.9. The van der Waals surface area contributed by atoms with Gasteiger partial charge in [0.25, 0.3) is 5.82 Å². The van der Waals surface area contributed by atoms with E-state index in [1.807, 2.05) is 0 Å². The molecule has 34 heavy (non-hydrogen) atoms. The van der Waals surface area contributed by atoms with Crippen LogP contribution in [0.15, 0.2) is 12.4 Å². The Bertz CT molecular complexity index is 533. The third-order valence-corrected chi connectivity index (χ3v) is 7.60. The second-order valence-corrected chi connectivity index (χ2v) is 10.9. The van der Waals surface area contributed by atoms with Crippen molar-refractivity contribution < 1.29 is 4.57 Å². The summed E-state index contributed by atoms with van der Waals surface area (Å²) < 4.78 is 5.15. The lowest BCUT2D eigenvalue weighted by Gasteiger charge is -2.06. The second kappa shape index (κ2) is 23.9. The van der Waals surface area contributed by atoms with Gasteiger partial charge in [-0.1, -0.05) is 136 Å². The highest BCUT2D eigenvalue weighted by atomic mass is 15.1. The van der Waals surface area contributed by atoms with Crippen molar-refractivity contribution in [2.75, 3.05) is 0 Å². The average Bonchev–Trinajstić information content (AvgIpc) is 3.23. The topological polar surface area (TPSA) is 8.81 Å². The van der Waals surface area contributed by atoms with Crippen molar-refractivity contribution in [2.24, 2.45) is 0 Å². The van der Waals surface area contributed by atoms with Gasteiger partial charge in [0.15, 0.2) is 0 Å². The molecule has 0 fully saturated rings. The molecule has 1 aromatic heterocycles. The Morgan fingerprint density at radius 2 is 0.912 bits per heavy atom. The fourth-order valence-electron chi connectivity index (χ4n) is 5.26. The molecule has 0 unspecified atom stereocenters. The number of hydrogen-bond acceptors (Lipinski definition) is 0. The molecule has 0 spiro atoms. The maximum atomic E-state index is 2.59. The number of hydrogen-bond donors (Lipinski definition) is 0. The highest BCUT2D eigenvalue weighted by Gasteiger charge is 2.16. The molecule has 0 aliphatic heterocycles. The van der Waals surface area contributed by atoms with Crippen molar-refractivity contribution in [2.45, 2.75) is 188 Å². The molecule has 0 N–H and O–H groups in total. The van der Waals surface area contributed by atoms with Gasteiger partial charge in [0, 0.05) is 6.42 Å². The van der Waals surface area contributed by atoms with E-state index in [2.05, 4.69) is 42.3 Å². The Hall–Kier alpha value is -0.790. The molecule has 0 bridgehead atoms. The van der Waals surface area contributed by atoms with Crippen LogP contribution in [0.1, 0.15) is 174 Å². The predicted octanol–water partition coefficient (Wildman–Crippen LogP) is 10.4.